The molecular formula is C14H15BrClNS2. The second kappa shape index (κ2) is 7.14. The van der Waals surface area contributed by atoms with Crippen LogP contribution in [0.2, 0.25) is 5.02 Å². The lowest BCUT2D eigenvalue weighted by molar-refractivity contribution is 0.729. The van der Waals surface area contributed by atoms with Crippen molar-refractivity contribution in [3.05, 3.63) is 55.6 Å². The average Bonchev–Trinajstić information content (AvgIpc) is 2.78. The Labute approximate surface area is 135 Å². The molecule has 102 valence electrons. The summed E-state index contributed by atoms with van der Waals surface area (Å²) in [7, 11) is 0. The van der Waals surface area contributed by atoms with E-state index in [1.165, 1.54) is 10.4 Å². The normalized spacial score (nSPS) is 14.3. The van der Waals surface area contributed by atoms with E-state index in [0.717, 1.165) is 15.2 Å². The molecule has 0 saturated carbocycles. The minimum Gasteiger partial charge on any atom is -0.327 e. The van der Waals surface area contributed by atoms with Gasteiger partial charge in [-0.2, -0.15) is 0 Å². The molecular weight excluding hydrogens is 362 g/mol. The summed E-state index contributed by atoms with van der Waals surface area (Å²) < 4.78 is 1.13. The fourth-order valence-electron chi connectivity index (χ4n) is 1.74. The van der Waals surface area contributed by atoms with E-state index in [2.05, 4.69) is 46.4 Å². The highest BCUT2D eigenvalue weighted by molar-refractivity contribution is 9.10. The van der Waals surface area contributed by atoms with E-state index >= 15 is 0 Å². The zero-order valence-electron chi connectivity index (χ0n) is 10.5. The molecule has 2 atom stereocenters. The van der Waals surface area contributed by atoms with Crippen LogP contribution in [0.4, 0.5) is 0 Å². The molecule has 1 heterocycles. The first-order valence-electron chi connectivity index (χ1n) is 5.92. The quantitative estimate of drug-likeness (QED) is 0.747. The Morgan fingerprint density at radius 3 is 2.58 bits per heavy atom. The van der Waals surface area contributed by atoms with Crippen LogP contribution in [0.5, 0.6) is 0 Å². The molecule has 0 bridgehead atoms. The van der Waals surface area contributed by atoms with Crippen molar-refractivity contribution in [1.29, 1.82) is 0 Å². The Bertz CT molecular complexity index is 524. The number of hydrogen-bond acceptors (Lipinski definition) is 3. The van der Waals surface area contributed by atoms with Crippen molar-refractivity contribution in [3.8, 4) is 0 Å². The third kappa shape index (κ3) is 4.50. The number of benzene rings is 1. The summed E-state index contributed by atoms with van der Waals surface area (Å²) in [5.41, 5.74) is 7.39. The van der Waals surface area contributed by atoms with Crippen LogP contribution in [-0.2, 0) is 5.75 Å². The van der Waals surface area contributed by atoms with E-state index in [1.807, 2.05) is 23.9 Å². The smallest absolute Gasteiger partial charge is 0.0543 e. The van der Waals surface area contributed by atoms with Gasteiger partial charge in [0.15, 0.2) is 0 Å². The van der Waals surface area contributed by atoms with Crippen molar-refractivity contribution in [2.75, 3.05) is 0 Å². The molecule has 0 amide bonds. The Balaban J connectivity index is 2.03. The molecule has 1 aromatic heterocycles. The molecule has 1 aromatic carbocycles. The molecule has 2 aromatic rings. The van der Waals surface area contributed by atoms with E-state index in [9.17, 15) is 0 Å². The summed E-state index contributed by atoms with van der Waals surface area (Å²) in [6.45, 7) is 2.06. The van der Waals surface area contributed by atoms with Crippen LogP contribution < -0.4 is 5.73 Å². The number of hydrogen-bond donors (Lipinski definition) is 1. The van der Waals surface area contributed by atoms with Gasteiger partial charge in [-0.1, -0.05) is 23.7 Å². The van der Waals surface area contributed by atoms with Gasteiger partial charge in [0, 0.05) is 31.5 Å². The number of nitrogens with two attached hydrogens (primary N) is 1. The summed E-state index contributed by atoms with van der Waals surface area (Å²) >= 11 is 13.0. The minimum atomic E-state index is 0.128. The summed E-state index contributed by atoms with van der Waals surface area (Å²) in [6, 6.07) is 10.3. The Hall–Kier alpha value is -0.0000000000000000833. The number of thioether (sulfide) groups is 1. The minimum absolute atomic E-state index is 0.128. The number of thiophene rings is 1. The van der Waals surface area contributed by atoms with Gasteiger partial charge < -0.3 is 5.73 Å². The third-order valence-electron chi connectivity index (χ3n) is 2.69. The van der Waals surface area contributed by atoms with Crippen LogP contribution in [-0.4, -0.2) is 6.04 Å². The molecule has 2 rings (SSSR count). The lowest BCUT2D eigenvalue weighted by atomic mass is 10.2. The first-order valence-corrected chi connectivity index (χ1v) is 9.02. The van der Waals surface area contributed by atoms with Crippen LogP contribution in [0.25, 0.3) is 0 Å². The van der Waals surface area contributed by atoms with Crippen molar-refractivity contribution < 1.29 is 0 Å². The van der Waals surface area contributed by atoms with E-state index < -0.39 is 0 Å². The van der Waals surface area contributed by atoms with E-state index in [-0.39, 0.29) is 6.04 Å². The molecule has 0 spiro atoms. The van der Waals surface area contributed by atoms with Crippen molar-refractivity contribution in [2.24, 2.45) is 5.73 Å². The average molecular weight is 377 g/mol. The van der Waals surface area contributed by atoms with Crippen molar-refractivity contribution in [3.63, 3.8) is 0 Å². The van der Waals surface area contributed by atoms with Gasteiger partial charge >= 0.3 is 0 Å². The lowest BCUT2D eigenvalue weighted by Crippen LogP contribution is -2.22. The Kier molecular flexibility index (Phi) is 5.78. The predicted octanol–water partition coefficient (Wildman–Crippen LogP) is 5.49. The van der Waals surface area contributed by atoms with Crippen LogP contribution in [0.15, 0.2) is 40.2 Å². The Morgan fingerprint density at radius 2 is 2.05 bits per heavy atom. The maximum atomic E-state index is 6.12. The molecule has 0 radical (unpaired) electrons. The molecule has 1 nitrogen and oxygen atoms in total. The molecule has 0 saturated heterocycles. The highest BCUT2D eigenvalue weighted by Crippen LogP contribution is 2.38. The van der Waals surface area contributed by atoms with E-state index in [1.54, 1.807) is 11.3 Å². The van der Waals surface area contributed by atoms with Gasteiger partial charge in [0.25, 0.3) is 0 Å². The van der Waals surface area contributed by atoms with E-state index in [0.29, 0.717) is 5.25 Å². The molecule has 5 heteroatoms. The van der Waals surface area contributed by atoms with Gasteiger partial charge in [0.2, 0.25) is 0 Å². The van der Waals surface area contributed by atoms with E-state index in [4.69, 9.17) is 17.3 Å². The van der Waals surface area contributed by atoms with Crippen LogP contribution in [0.1, 0.15) is 22.6 Å². The predicted molar refractivity (Wildman–Crippen MR) is 91.2 cm³/mol. The van der Waals surface area contributed by atoms with Gasteiger partial charge in [-0.05, 0) is 46.6 Å². The molecule has 2 unspecified atom stereocenters. The summed E-state index contributed by atoms with van der Waals surface area (Å²) in [6.07, 6.45) is 0. The first-order chi connectivity index (χ1) is 9.06. The van der Waals surface area contributed by atoms with Crippen LogP contribution >= 0.6 is 50.6 Å². The molecule has 19 heavy (non-hydrogen) atoms. The van der Waals surface area contributed by atoms with Gasteiger partial charge in [-0.3, -0.25) is 0 Å². The molecule has 2 N–H and O–H groups in total. The molecule has 0 fully saturated rings. The summed E-state index contributed by atoms with van der Waals surface area (Å²) in [5, 5.41) is 3.21. The first kappa shape index (κ1) is 15.4. The highest BCUT2D eigenvalue weighted by Gasteiger charge is 2.18. The van der Waals surface area contributed by atoms with Gasteiger partial charge in [-0.25, -0.2) is 0 Å². The maximum Gasteiger partial charge on any atom is 0.0543 e. The second-order valence-corrected chi connectivity index (χ2v) is 7.81. The van der Waals surface area contributed by atoms with Gasteiger partial charge in [0.05, 0.1) is 5.25 Å². The molecule has 0 aliphatic rings. The second-order valence-electron chi connectivity index (χ2n) is 4.38. The zero-order valence-corrected chi connectivity index (χ0v) is 14.5. The largest absolute Gasteiger partial charge is 0.327 e. The van der Waals surface area contributed by atoms with Crippen LogP contribution in [0, 0.1) is 0 Å². The van der Waals surface area contributed by atoms with Crippen molar-refractivity contribution in [1.82, 2.24) is 0 Å². The topological polar surface area (TPSA) is 26.0 Å². The summed E-state index contributed by atoms with van der Waals surface area (Å²) in [5.74, 6) is 0.943. The monoisotopic (exact) mass is 375 g/mol. The third-order valence-corrected chi connectivity index (χ3v) is 6.41. The fraction of sp³-hybridized carbons (Fsp3) is 0.286. The lowest BCUT2D eigenvalue weighted by Gasteiger charge is -2.19. The highest BCUT2D eigenvalue weighted by atomic mass is 79.9. The molecule has 0 aliphatic heterocycles. The fourth-order valence-corrected chi connectivity index (χ4v) is 4.87. The van der Waals surface area contributed by atoms with Gasteiger partial charge in [0.1, 0.15) is 0 Å². The number of halogens is 2. The number of rotatable bonds is 5. The van der Waals surface area contributed by atoms with Crippen molar-refractivity contribution in [2.45, 2.75) is 24.0 Å². The standard InChI is InChI=1S/C14H15BrClNS2/c1-9(17)14(13-6-11(15)8-18-13)19-7-10-2-4-12(16)5-3-10/h2-6,8-9,14H,7,17H2,1H3. The maximum absolute atomic E-state index is 6.12. The summed E-state index contributed by atoms with van der Waals surface area (Å²) in [4.78, 5) is 1.32. The van der Waals surface area contributed by atoms with Gasteiger partial charge in [-0.15, -0.1) is 23.1 Å². The molecule has 0 aliphatic carbocycles. The van der Waals surface area contributed by atoms with Crippen LogP contribution in [0.3, 0.4) is 0 Å². The Morgan fingerprint density at radius 1 is 1.37 bits per heavy atom. The SMILES string of the molecule is CC(N)C(SCc1ccc(Cl)cc1)c1cc(Br)cs1. The zero-order chi connectivity index (χ0) is 13.8. The van der Waals surface area contributed by atoms with Crippen molar-refractivity contribution >= 4 is 50.6 Å².